The summed E-state index contributed by atoms with van der Waals surface area (Å²) < 4.78 is 5.58. The first-order valence-corrected chi connectivity index (χ1v) is 12.5. The summed E-state index contributed by atoms with van der Waals surface area (Å²) in [7, 11) is 0. The first-order chi connectivity index (χ1) is 16.8. The number of ether oxygens (including phenoxy) is 1. The third kappa shape index (κ3) is 5.22. The Morgan fingerprint density at radius 1 is 1.09 bits per heavy atom. The van der Waals surface area contributed by atoms with Crippen LogP contribution >= 0.6 is 0 Å². The van der Waals surface area contributed by atoms with Gasteiger partial charge in [-0.15, -0.1) is 0 Å². The van der Waals surface area contributed by atoms with Crippen LogP contribution in [-0.2, 0) is 11.3 Å². The van der Waals surface area contributed by atoms with Crippen molar-refractivity contribution in [3.63, 3.8) is 0 Å². The fourth-order valence-corrected chi connectivity index (χ4v) is 4.99. The van der Waals surface area contributed by atoms with Crippen LogP contribution < -0.4 is 10.6 Å². The van der Waals surface area contributed by atoms with Crippen molar-refractivity contribution in [1.82, 2.24) is 24.8 Å². The molecular weight excluding hydrogens is 442 g/mol. The summed E-state index contributed by atoms with van der Waals surface area (Å²) in [5.41, 5.74) is 9.70. The third-order valence-corrected chi connectivity index (χ3v) is 7.24. The average Bonchev–Trinajstić information content (AvgIpc) is 2.85. The largest absolute Gasteiger partial charge is 0.390 e. The second-order valence-corrected chi connectivity index (χ2v) is 10.3. The second-order valence-electron chi connectivity index (χ2n) is 10.3. The maximum Gasteiger partial charge on any atom is 0.163 e. The molecule has 3 aromatic heterocycles. The molecule has 0 aromatic carbocycles. The third-order valence-electron chi connectivity index (χ3n) is 7.24. The number of nitrogen functional groups attached to an aromatic ring is 1. The molecule has 0 atom stereocenters. The van der Waals surface area contributed by atoms with E-state index in [-0.39, 0.29) is 0 Å². The van der Waals surface area contributed by atoms with E-state index in [1.165, 1.54) is 0 Å². The highest BCUT2D eigenvalue weighted by Crippen LogP contribution is 2.30. The number of morpholine rings is 1. The van der Waals surface area contributed by atoms with Crippen LogP contribution in [0.1, 0.15) is 37.9 Å². The van der Waals surface area contributed by atoms with Crippen LogP contribution in [0, 0.1) is 12.8 Å². The maximum absolute atomic E-state index is 10.4. The summed E-state index contributed by atoms with van der Waals surface area (Å²) in [6, 6.07) is 6.09. The van der Waals surface area contributed by atoms with Crippen molar-refractivity contribution in [2.75, 3.05) is 50.0 Å². The van der Waals surface area contributed by atoms with E-state index in [2.05, 4.69) is 20.9 Å². The standard InChI is InChI=1S/C26H35N7O2/c1-17-14-18(15-28-23(17)27)24-30-21-5-4-20(16-32-8-6-19(7-9-32)26(2,3)34)29-22(21)25(31-24)33-10-12-35-13-11-33/h4-5,14-15,19,34H,6-13,16H2,1-3H3,(H2,27,28). The molecular formula is C26H35N7O2. The van der Waals surface area contributed by atoms with Gasteiger partial charge in [0, 0.05) is 31.4 Å². The lowest BCUT2D eigenvalue weighted by molar-refractivity contribution is -0.0137. The van der Waals surface area contributed by atoms with Gasteiger partial charge in [-0.2, -0.15) is 0 Å². The van der Waals surface area contributed by atoms with Crippen molar-refractivity contribution in [3.05, 3.63) is 35.7 Å². The molecule has 0 aliphatic carbocycles. The number of nitrogens with two attached hydrogens (primary N) is 1. The topological polar surface area (TPSA) is 114 Å². The van der Waals surface area contributed by atoms with Gasteiger partial charge in [-0.05, 0) is 76.4 Å². The Bertz CT molecular complexity index is 1200. The van der Waals surface area contributed by atoms with Gasteiger partial charge in [-0.25, -0.2) is 19.9 Å². The van der Waals surface area contributed by atoms with E-state index in [1.807, 2.05) is 32.9 Å². The highest BCUT2D eigenvalue weighted by atomic mass is 16.5. The molecule has 2 aliphatic rings. The summed E-state index contributed by atoms with van der Waals surface area (Å²) in [5, 5.41) is 10.4. The summed E-state index contributed by atoms with van der Waals surface area (Å²) in [5.74, 6) is 2.32. The summed E-state index contributed by atoms with van der Waals surface area (Å²) in [6.45, 7) is 11.3. The van der Waals surface area contributed by atoms with Gasteiger partial charge in [0.05, 0.1) is 30.0 Å². The predicted octanol–water partition coefficient (Wildman–Crippen LogP) is 2.80. The van der Waals surface area contributed by atoms with Crippen molar-refractivity contribution in [3.8, 4) is 11.4 Å². The van der Waals surface area contributed by atoms with Crippen LogP contribution in [0.25, 0.3) is 22.4 Å². The SMILES string of the molecule is Cc1cc(-c2nc(N3CCOCC3)c3nc(CN4CCC(C(C)(C)O)CC4)ccc3n2)cnc1N. The lowest BCUT2D eigenvalue weighted by atomic mass is 9.83. The number of pyridine rings is 2. The van der Waals surface area contributed by atoms with Crippen LogP contribution in [0.2, 0.25) is 0 Å². The summed E-state index contributed by atoms with van der Waals surface area (Å²) in [4.78, 5) is 23.8. The molecule has 3 N–H and O–H groups in total. The number of piperidine rings is 1. The number of fused-ring (bicyclic) bond motifs is 1. The number of anilines is 2. The number of hydrogen-bond donors (Lipinski definition) is 2. The molecule has 35 heavy (non-hydrogen) atoms. The molecule has 0 bridgehead atoms. The highest BCUT2D eigenvalue weighted by Gasteiger charge is 2.30. The van der Waals surface area contributed by atoms with E-state index in [0.29, 0.717) is 30.8 Å². The van der Waals surface area contributed by atoms with Gasteiger partial charge in [-0.1, -0.05) is 0 Å². The minimum absolute atomic E-state index is 0.342. The fourth-order valence-electron chi connectivity index (χ4n) is 4.99. The van der Waals surface area contributed by atoms with E-state index < -0.39 is 5.60 Å². The Hall–Kier alpha value is -2.88. The first-order valence-electron chi connectivity index (χ1n) is 12.5. The molecule has 0 saturated carbocycles. The molecule has 5 rings (SSSR count). The van der Waals surface area contributed by atoms with Gasteiger partial charge in [0.2, 0.25) is 0 Å². The van der Waals surface area contributed by atoms with Gasteiger partial charge in [0.25, 0.3) is 0 Å². The Morgan fingerprint density at radius 2 is 1.83 bits per heavy atom. The number of hydrogen-bond acceptors (Lipinski definition) is 9. The number of rotatable bonds is 5. The van der Waals surface area contributed by atoms with Crippen molar-refractivity contribution in [1.29, 1.82) is 0 Å². The van der Waals surface area contributed by atoms with E-state index in [9.17, 15) is 5.11 Å². The van der Waals surface area contributed by atoms with Gasteiger partial charge in [-0.3, -0.25) is 4.90 Å². The average molecular weight is 478 g/mol. The van der Waals surface area contributed by atoms with E-state index >= 15 is 0 Å². The molecule has 0 spiro atoms. The van der Waals surface area contributed by atoms with E-state index in [0.717, 1.165) is 79.2 Å². The second kappa shape index (κ2) is 9.64. The van der Waals surface area contributed by atoms with Gasteiger partial charge in [0.1, 0.15) is 11.3 Å². The van der Waals surface area contributed by atoms with Gasteiger partial charge < -0.3 is 20.5 Å². The number of aromatic nitrogens is 4. The summed E-state index contributed by atoms with van der Waals surface area (Å²) >= 11 is 0. The molecule has 9 heteroatoms. The van der Waals surface area contributed by atoms with Crippen LogP contribution in [0.4, 0.5) is 11.6 Å². The van der Waals surface area contributed by atoms with Crippen LogP contribution in [0.3, 0.4) is 0 Å². The lowest BCUT2D eigenvalue weighted by Crippen LogP contribution is -2.41. The molecule has 2 fully saturated rings. The lowest BCUT2D eigenvalue weighted by Gasteiger charge is -2.37. The molecule has 0 unspecified atom stereocenters. The van der Waals surface area contributed by atoms with Crippen LogP contribution in [0.15, 0.2) is 24.4 Å². The minimum atomic E-state index is -0.617. The van der Waals surface area contributed by atoms with Gasteiger partial charge in [0.15, 0.2) is 11.6 Å². The number of aliphatic hydroxyl groups is 1. The molecule has 2 saturated heterocycles. The maximum atomic E-state index is 10.4. The zero-order chi connectivity index (χ0) is 24.6. The van der Waals surface area contributed by atoms with Crippen molar-refractivity contribution in [2.45, 2.75) is 45.8 Å². The van der Waals surface area contributed by atoms with E-state index in [4.69, 9.17) is 25.4 Å². The van der Waals surface area contributed by atoms with Crippen molar-refractivity contribution >= 4 is 22.7 Å². The number of nitrogens with zero attached hydrogens (tertiary/aromatic N) is 6. The molecule has 3 aromatic rings. The van der Waals surface area contributed by atoms with E-state index in [1.54, 1.807) is 6.20 Å². The summed E-state index contributed by atoms with van der Waals surface area (Å²) in [6.07, 6.45) is 3.72. The molecule has 0 amide bonds. The fraction of sp³-hybridized carbons (Fsp3) is 0.538. The molecule has 186 valence electrons. The predicted molar refractivity (Wildman–Crippen MR) is 137 cm³/mol. The molecule has 0 radical (unpaired) electrons. The Labute approximate surface area is 206 Å². The molecule has 2 aliphatic heterocycles. The molecule has 5 heterocycles. The van der Waals surface area contributed by atoms with Crippen LogP contribution in [-0.4, -0.2) is 74.9 Å². The normalized spacial score (nSPS) is 18.3. The zero-order valence-corrected chi connectivity index (χ0v) is 20.9. The Morgan fingerprint density at radius 3 is 2.51 bits per heavy atom. The number of aryl methyl sites for hydroxylation is 1. The first kappa shape index (κ1) is 23.8. The Balaban J connectivity index is 1.46. The minimum Gasteiger partial charge on any atom is -0.390 e. The van der Waals surface area contributed by atoms with Crippen molar-refractivity contribution < 1.29 is 9.84 Å². The van der Waals surface area contributed by atoms with Crippen molar-refractivity contribution in [2.24, 2.45) is 5.92 Å². The van der Waals surface area contributed by atoms with Gasteiger partial charge >= 0.3 is 0 Å². The zero-order valence-electron chi connectivity index (χ0n) is 20.9. The number of likely N-dealkylation sites (tertiary alicyclic amines) is 1. The molecule has 9 nitrogen and oxygen atoms in total. The monoisotopic (exact) mass is 477 g/mol. The smallest absolute Gasteiger partial charge is 0.163 e. The Kier molecular flexibility index (Phi) is 6.57. The quantitative estimate of drug-likeness (QED) is 0.572. The van der Waals surface area contributed by atoms with Crippen LogP contribution in [0.5, 0.6) is 0 Å². The highest BCUT2D eigenvalue weighted by molar-refractivity contribution is 5.87.